The maximum absolute atomic E-state index is 8.50. The van der Waals surface area contributed by atoms with Crippen LogP contribution >= 0.6 is 0 Å². The van der Waals surface area contributed by atoms with Crippen LogP contribution in [0.25, 0.3) is 0 Å². The molecule has 1 rings (SSSR count). The minimum absolute atomic E-state index is 0.181. The van der Waals surface area contributed by atoms with Crippen molar-refractivity contribution in [3.05, 3.63) is 0 Å². The summed E-state index contributed by atoms with van der Waals surface area (Å²) in [5.41, 5.74) is 11.0. The lowest BCUT2D eigenvalue weighted by Gasteiger charge is -2.30. The van der Waals surface area contributed by atoms with Crippen LogP contribution in [0, 0.1) is 17.2 Å². The SMILES string of the molecule is N#C[C@@H]1CN[C@@H](N)N[C@H]1N. The maximum Gasteiger partial charge on any atom is 0.110 e. The average Bonchev–Trinajstić information content (AvgIpc) is 1.88. The molecule has 1 heterocycles. The third-order valence-corrected chi connectivity index (χ3v) is 1.53. The Morgan fingerprint density at radius 3 is 2.70 bits per heavy atom. The van der Waals surface area contributed by atoms with Crippen molar-refractivity contribution >= 4 is 0 Å². The van der Waals surface area contributed by atoms with Crippen molar-refractivity contribution in [2.75, 3.05) is 6.54 Å². The van der Waals surface area contributed by atoms with E-state index >= 15 is 0 Å². The number of hydrogen-bond acceptors (Lipinski definition) is 5. The van der Waals surface area contributed by atoms with Gasteiger partial charge in [0.1, 0.15) is 6.29 Å². The zero-order chi connectivity index (χ0) is 7.56. The third kappa shape index (κ3) is 1.43. The van der Waals surface area contributed by atoms with Crippen LogP contribution in [0.1, 0.15) is 0 Å². The summed E-state index contributed by atoms with van der Waals surface area (Å²) in [5.74, 6) is -0.181. The van der Waals surface area contributed by atoms with E-state index in [9.17, 15) is 0 Å². The van der Waals surface area contributed by atoms with Crippen molar-refractivity contribution in [3.63, 3.8) is 0 Å². The summed E-state index contributed by atoms with van der Waals surface area (Å²) >= 11 is 0. The number of nitrogens with zero attached hydrogens (tertiary/aromatic N) is 1. The number of nitrogens with two attached hydrogens (primary N) is 2. The average molecular weight is 141 g/mol. The van der Waals surface area contributed by atoms with Gasteiger partial charge in [-0.3, -0.25) is 10.6 Å². The van der Waals surface area contributed by atoms with Gasteiger partial charge >= 0.3 is 0 Å². The molecule has 0 amide bonds. The van der Waals surface area contributed by atoms with Gasteiger partial charge in [-0.25, -0.2) is 0 Å². The Bertz CT molecular complexity index is 151. The first-order valence-corrected chi connectivity index (χ1v) is 3.14. The number of nitriles is 1. The summed E-state index contributed by atoms with van der Waals surface area (Å²) in [6.45, 7) is 0.561. The van der Waals surface area contributed by atoms with E-state index < -0.39 is 0 Å². The molecule has 0 aromatic carbocycles. The molecule has 3 atom stereocenters. The predicted octanol–water partition coefficient (Wildman–Crippen LogP) is -2.15. The molecule has 1 fully saturated rings. The van der Waals surface area contributed by atoms with Crippen LogP contribution in [0.3, 0.4) is 0 Å². The molecular formula is C5H11N5. The molecule has 0 bridgehead atoms. The zero-order valence-electron chi connectivity index (χ0n) is 5.54. The lowest BCUT2D eigenvalue weighted by atomic mass is 10.1. The van der Waals surface area contributed by atoms with Crippen molar-refractivity contribution in [1.29, 1.82) is 5.26 Å². The molecule has 0 spiro atoms. The van der Waals surface area contributed by atoms with Gasteiger partial charge in [-0.15, -0.1) is 0 Å². The zero-order valence-corrected chi connectivity index (χ0v) is 5.54. The predicted molar refractivity (Wildman–Crippen MR) is 36.2 cm³/mol. The normalized spacial score (nSPS) is 40.7. The molecule has 0 radical (unpaired) electrons. The molecule has 0 aliphatic carbocycles. The van der Waals surface area contributed by atoms with Gasteiger partial charge in [0.05, 0.1) is 18.2 Å². The van der Waals surface area contributed by atoms with Crippen molar-refractivity contribution in [2.24, 2.45) is 17.4 Å². The minimum atomic E-state index is -0.304. The Kier molecular flexibility index (Phi) is 2.19. The monoisotopic (exact) mass is 141 g/mol. The van der Waals surface area contributed by atoms with Crippen LogP contribution in [-0.2, 0) is 0 Å². The second-order valence-electron chi connectivity index (χ2n) is 2.31. The number of rotatable bonds is 0. The molecule has 0 aromatic heterocycles. The Morgan fingerprint density at radius 1 is 1.50 bits per heavy atom. The molecule has 1 aliphatic heterocycles. The van der Waals surface area contributed by atoms with E-state index in [-0.39, 0.29) is 18.4 Å². The first-order chi connectivity index (χ1) is 4.74. The van der Waals surface area contributed by atoms with Crippen LogP contribution in [0.4, 0.5) is 0 Å². The molecule has 1 saturated heterocycles. The fraction of sp³-hybridized carbons (Fsp3) is 0.800. The molecule has 6 N–H and O–H groups in total. The van der Waals surface area contributed by atoms with E-state index in [4.69, 9.17) is 16.7 Å². The molecule has 1 aliphatic rings. The highest BCUT2D eigenvalue weighted by Gasteiger charge is 2.23. The summed E-state index contributed by atoms with van der Waals surface area (Å²) in [6, 6.07) is 2.07. The lowest BCUT2D eigenvalue weighted by Crippen LogP contribution is -2.65. The first-order valence-electron chi connectivity index (χ1n) is 3.14. The van der Waals surface area contributed by atoms with Crippen molar-refractivity contribution in [1.82, 2.24) is 10.6 Å². The highest BCUT2D eigenvalue weighted by molar-refractivity contribution is 4.94. The van der Waals surface area contributed by atoms with Gasteiger partial charge in [0.2, 0.25) is 0 Å². The van der Waals surface area contributed by atoms with E-state index in [2.05, 4.69) is 16.7 Å². The van der Waals surface area contributed by atoms with Crippen molar-refractivity contribution < 1.29 is 0 Å². The van der Waals surface area contributed by atoms with E-state index in [0.29, 0.717) is 6.54 Å². The summed E-state index contributed by atoms with van der Waals surface area (Å²) in [6.07, 6.45) is -0.583. The number of nitrogens with one attached hydrogen (secondary N) is 2. The molecule has 0 saturated carbocycles. The van der Waals surface area contributed by atoms with Gasteiger partial charge in [0, 0.05) is 6.54 Å². The van der Waals surface area contributed by atoms with Gasteiger partial charge in [-0.1, -0.05) is 0 Å². The van der Waals surface area contributed by atoms with Gasteiger partial charge in [-0.2, -0.15) is 5.26 Å². The molecule has 5 heteroatoms. The van der Waals surface area contributed by atoms with E-state index in [1.807, 2.05) is 0 Å². The van der Waals surface area contributed by atoms with Gasteiger partial charge in [0.15, 0.2) is 0 Å². The van der Waals surface area contributed by atoms with Crippen LogP contribution in [-0.4, -0.2) is 19.0 Å². The Labute approximate surface area is 59.4 Å². The molecule has 0 unspecified atom stereocenters. The summed E-state index contributed by atoms with van der Waals surface area (Å²) in [7, 11) is 0. The topological polar surface area (TPSA) is 99.9 Å². The smallest absolute Gasteiger partial charge is 0.110 e. The van der Waals surface area contributed by atoms with Gasteiger partial charge in [0.25, 0.3) is 0 Å². The van der Waals surface area contributed by atoms with Crippen LogP contribution < -0.4 is 22.1 Å². The lowest BCUT2D eigenvalue weighted by molar-refractivity contribution is 0.265. The summed E-state index contributed by atoms with van der Waals surface area (Å²) in [4.78, 5) is 0. The van der Waals surface area contributed by atoms with Crippen LogP contribution in [0.15, 0.2) is 0 Å². The Morgan fingerprint density at radius 2 is 2.20 bits per heavy atom. The van der Waals surface area contributed by atoms with E-state index in [1.165, 1.54) is 0 Å². The van der Waals surface area contributed by atoms with E-state index in [0.717, 1.165) is 0 Å². The minimum Gasteiger partial charge on any atom is -0.315 e. The second kappa shape index (κ2) is 2.94. The second-order valence-corrected chi connectivity index (χ2v) is 2.31. The maximum atomic E-state index is 8.50. The summed E-state index contributed by atoms with van der Waals surface area (Å²) in [5, 5.41) is 14.2. The molecule has 56 valence electrons. The standard InChI is InChI=1S/C5H11N5/c6-1-3-2-9-5(8)10-4(3)7/h3-5,9-10H,2,7-8H2/t3-,4-,5-/m1/s1. The summed E-state index contributed by atoms with van der Waals surface area (Å²) < 4.78 is 0. The Balaban J connectivity index is 2.45. The van der Waals surface area contributed by atoms with Gasteiger partial charge in [-0.05, 0) is 0 Å². The quantitative estimate of drug-likeness (QED) is 0.308. The first kappa shape index (κ1) is 7.44. The van der Waals surface area contributed by atoms with Crippen molar-refractivity contribution in [2.45, 2.75) is 12.5 Å². The third-order valence-electron chi connectivity index (χ3n) is 1.53. The van der Waals surface area contributed by atoms with Crippen LogP contribution in [0.2, 0.25) is 0 Å². The highest BCUT2D eigenvalue weighted by atomic mass is 15.3. The largest absolute Gasteiger partial charge is 0.315 e. The molecule has 0 aromatic rings. The molecule has 5 nitrogen and oxygen atoms in total. The number of hydrogen-bond donors (Lipinski definition) is 4. The Hall–Kier alpha value is -0.670. The molecule has 10 heavy (non-hydrogen) atoms. The van der Waals surface area contributed by atoms with Crippen molar-refractivity contribution in [3.8, 4) is 6.07 Å². The highest BCUT2D eigenvalue weighted by Crippen LogP contribution is 1.99. The van der Waals surface area contributed by atoms with Crippen LogP contribution in [0.5, 0.6) is 0 Å². The fourth-order valence-electron chi connectivity index (χ4n) is 0.889. The molecular weight excluding hydrogens is 130 g/mol. The fourth-order valence-corrected chi connectivity index (χ4v) is 0.889. The van der Waals surface area contributed by atoms with Gasteiger partial charge < -0.3 is 11.5 Å². The van der Waals surface area contributed by atoms with E-state index in [1.54, 1.807) is 0 Å².